The molecule has 0 aliphatic carbocycles. The van der Waals surface area contributed by atoms with Gasteiger partial charge in [0.25, 0.3) is 0 Å². The van der Waals surface area contributed by atoms with Crippen molar-refractivity contribution in [2.75, 3.05) is 4.90 Å². The second-order valence-corrected chi connectivity index (χ2v) is 13.5. The Morgan fingerprint density at radius 1 is 0.500 bits per heavy atom. The lowest BCUT2D eigenvalue weighted by Crippen LogP contribution is -2.10. The van der Waals surface area contributed by atoms with Gasteiger partial charge in [-0.3, -0.25) is 0 Å². The third-order valence-corrected chi connectivity index (χ3v) is 9.40. The largest absolute Gasteiger partial charge is 0.456 e. The van der Waals surface area contributed by atoms with Crippen LogP contribution in [0, 0.1) is 6.92 Å². The van der Waals surface area contributed by atoms with Gasteiger partial charge in [0.05, 0.1) is 5.69 Å². The molecule has 0 N–H and O–H groups in total. The van der Waals surface area contributed by atoms with Crippen molar-refractivity contribution in [3.63, 3.8) is 0 Å². The molecule has 0 unspecified atom stereocenters. The molecule has 46 heavy (non-hydrogen) atoms. The highest BCUT2D eigenvalue weighted by atomic mass is 16.3. The van der Waals surface area contributed by atoms with E-state index in [1.165, 1.54) is 27.3 Å². The molecule has 0 amide bonds. The quantitative estimate of drug-likeness (QED) is 0.203. The summed E-state index contributed by atoms with van der Waals surface area (Å²) in [7, 11) is 0. The molecule has 2 aromatic heterocycles. The molecule has 0 atom stereocenters. The Kier molecular flexibility index (Phi) is 5.67. The normalized spacial score (nSPS) is 12.3. The maximum Gasteiger partial charge on any atom is 0.139 e. The number of nitrogens with zero attached hydrogens (tertiary/aromatic N) is 1. The predicted molar refractivity (Wildman–Crippen MR) is 194 cm³/mol. The Labute approximate surface area is 267 Å². The minimum absolute atomic E-state index is 0.0317. The van der Waals surface area contributed by atoms with Crippen LogP contribution in [0.3, 0.4) is 0 Å². The molecule has 0 spiro atoms. The van der Waals surface area contributed by atoms with E-state index in [1.54, 1.807) is 0 Å². The average Bonchev–Trinajstić information content (AvgIpc) is 3.63. The van der Waals surface area contributed by atoms with Crippen LogP contribution in [-0.4, -0.2) is 0 Å². The van der Waals surface area contributed by atoms with Crippen LogP contribution in [-0.2, 0) is 5.41 Å². The lowest BCUT2D eigenvalue weighted by atomic mass is 9.86. The van der Waals surface area contributed by atoms with Gasteiger partial charge in [0.1, 0.15) is 22.3 Å². The van der Waals surface area contributed by atoms with Crippen LogP contribution in [0.15, 0.2) is 136 Å². The number of rotatable bonds is 3. The van der Waals surface area contributed by atoms with E-state index < -0.39 is 0 Å². The van der Waals surface area contributed by atoms with Gasteiger partial charge in [-0.25, -0.2) is 0 Å². The molecule has 0 saturated heterocycles. The van der Waals surface area contributed by atoms with Gasteiger partial charge in [-0.05, 0) is 64.4 Å². The SMILES string of the molecule is Cc1cccc(N(c2ccc3c(c2)oc2c(C(C)(C)C)cccc23)c2cc3oc4ccc5ccccc5c4c3c3ccccc23)c1. The minimum Gasteiger partial charge on any atom is -0.456 e. The summed E-state index contributed by atoms with van der Waals surface area (Å²) in [5, 5.41) is 9.33. The van der Waals surface area contributed by atoms with E-state index >= 15 is 0 Å². The molecule has 9 rings (SSSR count). The zero-order valence-electron chi connectivity index (χ0n) is 26.4. The third kappa shape index (κ3) is 3.98. The smallest absolute Gasteiger partial charge is 0.139 e. The number of benzene rings is 7. The second-order valence-electron chi connectivity index (χ2n) is 13.5. The summed E-state index contributed by atoms with van der Waals surface area (Å²) in [6.07, 6.45) is 0. The van der Waals surface area contributed by atoms with Crippen LogP contribution < -0.4 is 4.90 Å². The molecular formula is C43H33NO2. The lowest BCUT2D eigenvalue weighted by Gasteiger charge is -2.27. The summed E-state index contributed by atoms with van der Waals surface area (Å²) < 4.78 is 13.4. The molecule has 0 saturated carbocycles. The summed E-state index contributed by atoms with van der Waals surface area (Å²) in [5.74, 6) is 0. The van der Waals surface area contributed by atoms with Crippen molar-refractivity contribution >= 4 is 82.5 Å². The molecular weight excluding hydrogens is 562 g/mol. The summed E-state index contributed by atoms with van der Waals surface area (Å²) in [5.41, 5.74) is 9.16. The standard InChI is InChI=1S/C43H33NO2/c1-26-11-9-13-28(23-26)44(29-20-21-32-34-17-10-18-35(43(2,3)4)42(34)46-38(32)24-29)36-25-39-41(33-16-8-7-15-31(33)36)40-30-14-6-5-12-27(30)19-22-37(40)45-39/h5-25H,1-4H3. The fourth-order valence-electron chi connectivity index (χ4n) is 7.28. The van der Waals surface area contributed by atoms with Gasteiger partial charge in [-0.15, -0.1) is 0 Å². The topological polar surface area (TPSA) is 29.5 Å². The lowest BCUT2D eigenvalue weighted by molar-refractivity contribution is 0.573. The van der Waals surface area contributed by atoms with E-state index in [4.69, 9.17) is 8.83 Å². The van der Waals surface area contributed by atoms with Crippen LogP contribution in [0.4, 0.5) is 17.1 Å². The number of hydrogen-bond donors (Lipinski definition) is 0. The van der Waals surface area contributed by atoms with Crippen molar-refractivity contribution in [3.8, 4) is 0 Å². The number of anilines is 3. The number of aryl methyl sites for hydroxylation is 1. The van der Waals surface area contributed by atoms with E-state index in [-0.39, 0.29) is 5.41 Å². The van der Waals surface area contributed by atoms with Gasteiger partial charge in [-0.1, -0.05) is 106 Å². The fraction of sp³-hybridized carbons (Fsp3) is 0.116. The Morgan fingerprint density at radius 3 is 2.04 bits per heavy atom. The van der Waals surface area contributed by atoms with Crippen LogP contribution in [0.5, 0.6) is 0 Å². The van der Waals surface area contributed by atoms with E-state index in [9.17, 15) is 0 Å². The van der Waals surface area contributed by atoms with E-state index in [0.717, 1.165) is 66.3 Å². The molecule has 3 nitrogen and oxygen atoms in total. The molecule has 0 radical (unpaired) electrons. The zero-order valence-corrected chi connectivity index (χ0v) is 26.4. The molecule has 7 aromatic carbocycles. The Hall–Kier alpha value is -5.54. The van der Waals surface area contributed by atoms with Crippen molar-refractivity contribution in [2.45, 2.75) is 33.1 Å². The first kappa shape index (κ1) is 26.8. The summed E-state index contributed by atoms with van der Waals surface area (Å²) in [4.78, 5) is 2.34. The van der Waals surface area contributed by atoms with Crippen molar-refractivity contribution in [3.05, 3.63) is 139 Å². The number of furan rings is 2. The Morgan fingerprint density at radius 2 is 1.22 bits per heavy atom. The van der Waals surface area contributed by atoms with E-state index in [1.807, 2.05) is 0 Å². The molecule has 0 aliphatic rings. The van der Waals surface area contributed by atoms with Gasteiger partial charge in [0.2, 0.25) is 0 Å². The minimum atomic E-state index is -0.0317. The fourth-order valence-corrected chi connectivity index (χ4v) is 7.28. The monoisotopic (exact) mass is 595 g/mol. The van der Waals surface area contributed by atoms with Crippen molar-refractivity contribution in [1.82, 2.24) is 0 Å². The molecule has 222 valence electrons. The Bertz CT molecular complexity index is 2650. The average molecular weight is 596 g/mol. The first-order chi connectivity index (χ1) is 22.3. The maximum atomic E-state index is 6.69. The zero-order chi connectivity index (χ0) is 31.2. The highest BCUT2D eigenvalue weighted by Crippen LogP contribution is 2.47. The summed E-state index contributed by atoms with van der Waals surface area (Å²) in [6, 6.07) is 45.5. The molecule has 3 heteroatoms. The van der Waals surface area contributed by atoms with Gasteiger partial charge in [-0.2, -0.15) is 0 Å². The summed E-state index contributed by atoms with van der Waals surface area (Å²) >= 11 is 0. The number of fused-ring (bicyclic) bond motifs is 10. The predicted octanol–water partition coefficient (Wildman–Crippen LogP) is 12.9. The summed E-state index contributed by atoms with van der Waals surface area (Å²) in [6.45, 7) is 8.86. The first-order valence-electron chi connectivity index (χ1n) is 15.9. The highest BCUT2D eigenvalue weighted by Gasteiger charge is 2.24. The van der Waals surface area contributed by atoms with Crippen molar-refractivity contribution < 1.29 is 8.83 Å². The third-order valence-electron chi connectivity index (χ3n) is 9.40. The molecule has 2 heterocycles. The van der Waals surface area contributed by atoms with Crippen LogP contribution in [0.25, 0.3) is 65.4 Å². The van der Waals surface area contributed by atoms with E-state index in [0.29, 0.717) is 0 Å². The van der Waals surface area contributed by atoms with Gasteiger partial charge in [0.15, 0.2) is 0 Å². The van der Waals surface area contributed by atoms with Crippen LogP contribution >= 0.6 is 0 Å². The second kappa shape index (κ2) is 9.73. The van der Waals surface area contributed by atoms with Gasteiger partial charge >= 0.3 is 0 Å². The maximum absolute atomic E-state index is 6.69. The molecule has 0 aliphatic heterocycles. The van der Waals surface area contributed by atoms with Gasteiger partial charge in [0, 0.05) is 56.0 Å². The van der Waals surface area contributed by atoms with Crippen molar-refractivity contribution in [1.29, 1.82) is 0 Å². The highest BCUT2D eigenvalue weighted by molar-refractivity contribution is 6.28. The first-order valence-corrected chi connectivity index (χ1v) is 15.9. The van der Waals surface area contributed by atoms with E-state index in [2.05, 4.69) is 160 Å². The molecule has 9 aromatic rings. The van der Waals surface area contributed by atoms with Gasteiger partial charge < -0.3 is 13.7 Å². The molecule has 0 bridgehead atoms. The van der Waals surface area contributed by atoms with Crippen LogP contribution in [0.1, 0.15) is 31.9 Å². The van der Waals surface area contributed by atoms with Crippen molar-refractivity contribution in [2.24, 2.45) is 0 Å². The Balaban J connectivity index is 1.35. The molecule has 0 fully saturated rings. The van der Waals surface area contributed by atoms with Crippen LogP contribution in [0.2, 0.25) is 0 Å². The number of hydrogen-bond acceptors (Lipinski definition) is 3. The number of para-hydroxylation sites is 1.